The molecule has 0 rings (SSSR count). The molecule has 0 N–H and O–H groups in total. The van der Waals surface area contributed by atoms with Crippen LogP contribution in [0.4, 0.5) is 0 Å². The van der Waals surface area contributed by atoms with Crippen LogP contribution in [-0.2, 0) is 0 Å². The minimum absolute atomic E-state index is 1.04. The Hall–Kier alpha value is 0.0969. The average Bonchev–Trinajstić information content (AvgIpc) is 2.18. The minimum Gasteiger partial charge on any atom is -0.307 e. The van der Waals surface area contributed by atoms with Gasteiger partial charge in [0.05, 0.1) is 0 Å². The zero-order chi connectivity index (χ0) is 11.1. The lowest BCUT2D eigenvalue weighted by Crippen LogP contribution is -2.60. The average molecular weight is 217 g/mol. The van der Waals surface area contributed by atoms with E-state index in [4.69, 9.17) is 0 Å². The topological polar surface area (TPSA) is 9.72 Å². The summed E-state index contributed by atoms with van der Waals surface area (Å²) in [6, 6.07) is 0. The van der Waals surface area contributed by atoms with E-state index in [2.05, 4.69) is 55.5 Å². The first-order valence-electron chi connectivity index (χ1n) is 5.76. The molecule has 0 unspecified atom stereocenters. The summed E-state index contributed by atoms with van der Waals surface area (Å²) in [6.45, 7) is 13.7. The summed E-state index contributed by atoms with van der Waals surface area (Å²) in [6.07, 6.45) is 0. The van der Waals surface area contributed by atoms with E-state index in [1.807, 2.05) is 0 Å². The smallest absolute Gasteiger partial charge is 0.272 e. The molecule has 0 aliphatic heterocycles. The third-order valence-corrected chi connectivity index (χ3v) is 6.43. The van der Waals surface area contributed by atoms with Gasteiger partial charge in [-0.2, -0.15) is 0 Å². The molecule has 0 aromatic carbocycles. The van der Waals surface area contributed by atoms with Crippen molar-refractivity contribution in [1.29, 1.82) is 0 Å². The zero-order valence-electron chi connectivity index (χ0n) is 10.7. The molecule has 4 heteroatoms. The summed E-state index contributed by atoms with van der Waals surface area (Å²) in [7, 11) is 3.39. The molecule has 0 heterocycles. The van der Waals surface area contributed by atoms with E-state index in [0.717, 1.165) is 0 Å². The second-order valence-electron chi connectivity index (χ2n) is 3.75. The van der Waals surface area contributed by atoms with E-state index in [-0.39, 0.29) is 0 Å². The Balaban J connectivity index is 4.54. The SMILES string of the molecule is CCN(CC)[SiH](N(C)C)N(CC)CC. The Morgan fingerprint density at radius 1 is 0.714 bits per heavy atom. The summed E-state index contributed by atoms with van der Waals surface area (Å²) >= 11 is 0. The van der Waals surface area contributed by atoms with Crippen LogP contribution in [0.25, 0.3) is 0 Å². The molecular weight excluding hydrogens is 190 g/mol. The van der Waals surface area contributed by atoms with Gasteiger partial charge >= 0.3 is 0 Å². The molecule has 0 bridgehead atoms. The maximum atomic E-state index is 2.62. The lowest BCUT2D eigenvalue weighted by Gasteiger charge is -2.39. The summed E-state index contributed by atoms with van der Waals surface area (Å²) < 4.78 is 7.67. The minimum atomic E-state index is -1.04. The first-order chi connectivity index (χ1) is 6.62. The second kappa shape index (κ2) is 7.40. The Labute approximate surface area is 91.5 Å². The van der Waals surface area contributed by atoms with Gasteiger partial charge in [0.15, 0.2) is 0 Å². The highest BCUT2D eigenvalue weighted by Gasteiger charge is 2.25. The summed E-state index contributed by atoms with van der Waals surface area (Å²) in [4.78, 5) is 0. The highest BCUT2D eigenvalue weighted by molar-refractivity contribution is 6.49. The maximum absolute atomic E-state index is 2.62. The molecule has 14 heavy (non-hydrogen) atoms. The van der Waals surface area contributed by atoms with Gasteiger partial charge in [0.25, 0.3) is 9.28 Å². The van der Waals surface area contributed by atoms with Gasteiger partial charge in [0.2, 0.25) is 0 Å². The van der Waals surface area contributed by atoms with Crippen LogP contribution in [0.1, 0.15) is 27.7 Å². The van der Waals surface area contributed by atoms with Crippen LogP contribution in [0, 0.1) is 0 Å². The number of hydrogen-bond acceptors (Lipinski definition) is 3. The van der Waals surface area contributed by atoms with Crippen molar-refractivity contribution < 1.29 is 0 Å². The Morgan fingerprint density at radius 3 is 1.14 bits per heavy atom. The van der Waals surface area contributed by atoms with Crippen molar-refractivity contribution in [2.24, 2.45) is 0 Å². The van der Waals surface area contributed by atoms with Gasteiger partial charge in [0.1, 0.15) is 0 Å². The van der Waals surface area contributed by atoms with E-state index in [0.29, 0.717) is 0 Å². The van der Waals surface area contributed by atoms with Crippen molar-refractivity contribution in [3.8, 4) is 0 Å². The molecule has 0 saturated carbocycles. The number of hydrogen-bond donors (Lipinski definition) is 0. The molecule has 0 saturated heterocycles. The molecule has 0 aliphatic rings. The van der Waals surface area contributed by atoms with Crippen molar-refractivity contribution in [2.75, 3.05) is 40.3 Å². The fraction of sp³-hybridized carbons (Fsp3) is 1.00. The van der Waals surface area contributed by atoms with Gasteiger partial charge in [-0.3, -0.25) is 0 Å². The first kappa shape index (κ1) is 14.1. The quantitative estimate of drug-likeness (QED) is 0.588. The molecule has 0 aliphatic carbocycles. The van der Waals surface area contributed by atoms with Crippen LogP contribution in [0.2, 0.25) is 0 Å². The standard InChI is InChI=1S/C10H27N3Si/c1-7-12(8-2)14(11(5)6)13(9-3)10-4/h14H,7-10H2,1-6H3. The van der Waals surface area contributed by atoms with Gasteiger partial charge in [-0.1, -0.05) is 27.7 Å². The second-order valence-corrected chi connectivity index (χ2v) is 6.94. The molecule has 0 aromatic rings. The van der Waals surface area contributed by atoms with Crippen LogP contribution < -0.4 is 0 Å². The zero-order valence-corrected chi connectivity index (χ0v) is 11.9. The lowest BCUT2D eigenvalue weighted by atomic mass is 10.7. The van der Waals surface area contributed by atoms with E-state index < -0.39 is 9.28 Å². The molecule has 3 nitrogen and oxygen atoms in total. The highest BCUT2D eigenvalue weighted by atomic mass is 28.3. The molecule has 0 spiro atoms. The van der Waals surface area contributed by atoms with E-state index >= 15 is 0 Å². The van der Waals surface area contributed by atoms with Crippen LogP contribution >= 0.6 is 0 Å². The third kappa shape index (κ3) is 3.69. The van der Waals surface area contributed by atoms with E-state index in [1.54, 1.807) is 0 Å². The maximum Gasteiger partial charge on any atom is 0.272 e. The predicted molar refractivity (Wildman–Crippen MR) is 66.7 cm³/mol. The number of nitrogens with zero attached hydrogens (tertiary/aromatic N) is 3. The van der Waals surface area contributed by atoms with Crippen molar-refractivity contribution in [1.82, 2.24) is 13.7 Å². The fourth-order valence-electron chi connectivity index (χ4n) is 1.98. The normalized spacial score (nSPS) is 12.4. The molecule has 0 atom stereocenters. The van der Waals surface area contributed by atoms with Gasteiger partial charge in [-0.05, 0) is 40.3 Å². The molecule has 86 valence electrons. The Morgan fingerprint density at radius 2 is 1.00 bits per heavy atom. The van der Waals surface area contributed by atoms with Gasteiger partial charge in [-0.25, -0.2) is 0 Å². The highest BCUT2D eigenvalue weighted by Crippen LogP contribution is 2.03. The van der Waals surface area contributed by atoms with Crippen molar-refractivity contribution in [3.63, 3.8) is 0 Å². The fourth-order valence-corrected chi connectivity index (χ4v) is 5.06. The first-order valence-corrected chi connectivity index (χ1v) is 7.31. The summed E-state index contributed by atoms with van der Waals surface area (Å²) in [5.74, 6) is 0. The third-order valence-electron chi connectivity index (χ3n) is 2.74. The lowest BCUT2D eigenvalue weighted by molar-refractivity contribution is 0.324. The molecule has 0 amide bonds. The van der Waals surface area contributed by atoms with Crippen LogP contribution in [0.15, 0.2) is 0 Å². The van der Waals surface area contributed by atoms with Gasteiger partial charge in [0, 0.05) is 0 Å². The Kier molecular flexibility index (Phi) is 7.45. The summed E-state index contributed by atoms with van der Waals surface area (Å²) in [5, 5.41) is 0. The van der Waals surface area contributed by atoms with Crippen LogP contribution in [0.5, 0.6) is 0 Å². The largest absolute Gasteiger partial charge is 0.307 e. The van der Waals surface area contributed by atoms with Crippen molar-refractivity contribution in [2.45, 2.75) is 27.7 Å². The molecule has 0 fully saturated rings. The van der Waals surface area contributed by atoms with E-state index in [1.165, 1.54) is 26.2 Å². The van der Waals surface area contributed by atoms with Gasteiger partial charge < -0.3 is 13.7 Å². The molecule has 0 aromatic heterocycles. The Bertz CT molecular complexity index is 121. The number of rotatable bonds is 7. The van der Waals surface area contributed by atoms with Crippen LogP contribution in [-0.4, -0.2) is 63.3 Å². The monoisotopic (exact) mass is 217 g/mol. The van der Waals surface area contributed by atoms with Gasteiger partial charge in [-0.15, -0.1) is 0 Å². The molecular formula is C10H27N3Si. The van der Waals surface area contributed by atoms with Crippen LogP contribution in [0.3, 0.4) is 0 Å². The predicted octanol–water partition coefficient (Wildman–Crippen LogP) is 0.949. The van der Waals surface area contributed by atoms with Crippen molar-refractivity contribution >= 4 is 9.28 Å². The summed E-state index contributed by atoms with van der Waals surface area (Å²) in [5.41, 5.74) is 0. The molecule has 0 radical (unpaired) electrons. The van der Waals surface area contributed by atoms with Crippen molar-refractivity contribution in [3.05, 3.63) is 0 Å². The van der Waals surface area contributed by atoms with E-state index in [9.17, 15) is 0 Å².